The molecule has 338 valence electrons. The van der Waals surface area contributed by atoms with Gasteiger partial charge in [0.1, 0.15) is 37.6 Å². The van der Waals surface area contributed by atoms with Gasteiger partial charge in [-0.15, -0.1) is 6.58 Å². The summed E-state index contributed by atoms with van der Waals surface area (Å²) in [5.74, 6) is -7.01. The topological polar surface area (TPSA) is 232 Å². The van der Waals surface area contributed by atoms with Crippen LogP contribution in [-0.2, 0) is 66.5 Å². The van der Waals surface area contributed by atoms with Gasteiger partial charge in [0.05, 0.1) is 28.9 Å². The highest BCUT2D eigenvalue weighted by molar-refractivity contribution is 6.21. The molecule has 3 aliphatic rings. The van der Waals surface area contributed by atoms with E-state index in [2.05, 4.69) is 6.58 Å². The number of rotatable bonds is 16. The molecule has 0 radical (unpaired) electrons. The number of hydrogen-bond acceptors (Lipinski definition) is 18. The van der Waals surface area contributed by atoms with Gasteiger partial charge in [-0.2, -0.15) is 0 Å². The average molecular weight is 888 g/mol. The Labute approximate surface area is 366 Å². The third kappa shape index (κ3) is 10.9. The zero-order valence-corrected chi connectivity index (χ0v) is 35.1. The summed E-state index contributed by atoms with van der Waals surface area (Å²) < 4.78 is 59.4. The van der Waals surface area contributed by atoms with Crippen LogP contribution < -0.4 is 0 Å². The first-order valence-corrected chi connectivity index (χ1v) is 20.0. The van der Waals surface area contributed by atoms with Crippen molar-refractivity contribution in [2.45, 2.75) is 89.0 Å². The van der Waals surface area contributed by atoms with E-state index in [0.29, 0.717) is 0 Å². The van der Waals surface area contributed by atoms with Crippen LogP contribution in [0.3, 0.4) is 0 Å². The lowest BCUT2D eigenvalue weighted by molar-refractivity contribution is -0.349. The molecule has 2 saturated heterocycles. The number of carbonyl (C=O) groups excluding carboxylic acids is 8. The van der Waals surface area contributed by atoms with Crippen molar-refractivity contribution < 1.29 is 85.7 Å². The Hall–Kier alpha value is -6.80. The summed E-state index contributed by atoms with van der Waals surface area (Å²) >= 11 is 0. The maximum absolute atomic E-state index is 14.4. The first-order chi connectivity index (χ1) is 30.7. The lowest BCUT2D eigenvalue weighted by Crippen LogP contribution is -2.70. The Morgan fingerprint density at radius 1 is 0.562 bits per heavy atom. The maximum atomic E-state index is 14.4. The number of benzene rings is 3. The lowest BCUT2D eigenvalue weighted by atomic mass is 9.93. The third-order valence-electron chi connectivity index (χ3n) is 10.00. The fraction of sp³-hybridized carbons (Fsp3) is 0.378. The molecule has 0 spiro atoms. The highest BCUT2D eigenvalue weighted by Gasteiger charge is 2.60. The van der Waals surface area contributed by atoms with E-state index in [1.165, 1.54) is 42.5 Å². The van der Waals surface area contributed by atoms with Gasteiger partial charge >= 0.3 is 35.8 Å². The SMILES string of the molecule is C=CCO[C@@H]1O[C@H](COC(=O)c2ccccc2)[C@@H](OC(=O)c2ccccc2)[C@H](O[C@@H]2O[C@H](COC(C)=O)[C@H](OC(C)=O)[C@H](OC(C)=O)[C@H]2OC(C)=O)[C@H]1N1C(=O)c2ccccc2C1=O. The Bertz CT molecular complexity index is 2200. The minimum atomic E-state index is -1.95. The second-order valence-electron chi connectivity index (χ2n) is 14.6. The van der Waals surface area contributed by atoms with Crippen molar-refractivity contribution in [1.82, 2.24) is 4.90 Å². The smallest absolute Gasteiger partial charge is 0.338 e. The van der Waals surface area contributed by atoms with Crippen molar-refractivity contribution in [3.8, 4) is 0 Å². The zero-order valence-electron chi connectivity index (χ0n) is 35.1. The Balaban J connectivity index is 1.53. The molecular weight excluding hydrogens is 842 g/mol. The molecule has 0 bridgehead atoms. The summed E-state index contributed by atoms with van der Waals surface area (Å²) in [7, 11) is 0. The van der Waals surface area contributed by atoms with Crippen LogP contribution >= 0.6 is 0 Å². The number of esters is 6. The van der Waals surface area contributed by atoms with E-state index in [4.69, 9.17) is 47.4 Å². The average Bonchev–Trinajstić information content (AvgIpc) is 3.52. The van der Waals surface area contributed by atoms with Gasteiger partial charge in [-0.1, -0.05) is 54.6 Å². The van der Waals surface area contributed by atoms with E-state index in [1.807, 2.05) is 0 Å². The van der Waals surface area contributed by atoms with Crippen LogP contribution in [-0.4, -0.2) is 134 Å². The van der Waals surface area contributed by atoms with Crippen molar-refractivity contribution in [3.05, 3.63) is 120 Å². The quantitative estimate of drug-likeness (QED) is 0.0870. The second kappa shape index (κ2) is 21.0. The summed E-state index contributed by atoms with van der Waals surface area (Å²) in [6, 6.07) is 19.8. The van der Waals surface area contributed by atoms with Crippen LogP contribution in [0.2, 0.25) is 0 Å². The van der Waals surface area contributed by atoms with E-state index in [0.717, 1.165) is 32.6 Å². The van der Waals surface area contributed by atoms with Crippen LogP contribution in [0.4, 0.5) is 0 Å². The predicted octanol–water partition coefficient (Wildman–Crippen LogP) is 3.13. The van der Waals surface area contributed by atoms with Crippen LogP contribution in [0.25, 0.3) is 0 Å². The summed E-state index contributed by atoms with van der Waals surface area (Å²) in [4.78, 5) is 107. The van der Waals surface area contributed by atoms with Crippen molar-refractivity contribution in [2.24, 2.45) is 0 Å². The van der Waals surface area contributed by atoms with E-state index >= 15 is 0 Å². The first-order valence-electron chi connectivity index (χ1n) is 20.0. The number of carbonyl (C=O) groups is 8. The standard InChI is InChI=1S/C45H45NO18/c1-6-21-55-44-34(46-40(51)30-19-13-14-20-31(30)41(46)52)37(35(63-43(54)29-17-11-8-12-18-29)33(61-44)23-57-42(53)28-15-9-7-10-16-28)64-45-39(60-27(5)50)38(59-26(4)49)36(58-25(3)48)32(62-45)22-56-24(2)47/h6-20,32-39,44-45H,1,21-23H2,2-5H3/t32-,33-,34-,35-,36+,37-,38+,39-,44-,45+/m1/s1. The predicted molar refractivity (Wildman–Crippen MR) is 215 cm³/mol. The number of ether oxygens (including phenoxy) is 10. The molecule has 3 aromatic carbocycles. The molecule has 2 amide bonds. The molecule has 0 saturated carbocycles. The molecule has 19 nitrogen and oxygen atoms in total. The van der Waals surface area contributed by atoms with Gasteiger partial charge in [0.2, 0.25) is 0 Å². The molecule has 3 heterocycles. The van der Waals surface area contributed by atoms with E-state index in [9.17, 15) is 38.4 Å². The molecule has 2 fully saturated rings. The zero-order chi connectivity index (χ0) is 46.1. The van der Waals surface area contributed by atoms with Crippen LogP contribution in [0.5, 0.6) is 0 Å². The number of fused-ring (bicyclic) bond motifs is 1. The Morgan fingerprint density at radius 2 is 1.03 bits per heavy atom. The monoisotopic (exact) mass is 887 g/mol. The lowest BCUT2D eigenvalue weighted by Gasteiger charge is -2.50. The highest BCUT2D eigenvalue weighted by atomic mass is 16.8. The largest absolute Gasteiger partial charge is 0.463 e. The first kappa shape index (κ1) is 46.7. The highest BCUT2D eigenvalue weighted by Crippen LogP contribution is 2.39. The second-order valence-corrected chi connectivity index (χ2v) is 14.6. The Morgan fingerprint density at radius 3 is 1.56 bits per heavy atom. The van der Waals surface area contributed by atoms with Crippen molar-refractivity contribution in [2.75, 3.05) is 19.8 Å². The number of hydrogen-bond donors (Lipinski definition) is 0. The van der Waals surface area contributed by atoms with Crippen LogP contribution in [0.15, 0.2) is 97.6 Å². The molecule has 19 heteroatoms. The van der Waals surface area contributed by atoms with Crippen molar-refractivity contribution in [3.63, 3.8) is 0 Å². The normalized spacial score (nSPS) is 26.2. The van der Waals surface area contributed by atoms with E-state index in [-0.39, 0.29) is 28.9 Å². The van der Waals surface area contributed by atoms with Crippen molar-refractivity contribution in [1.29, 1.82) is 0 Å². The maximum Gasteiger partial charge on any atom is 0.338 e. The summed E-state index contributed by atoms with van der Waals surface area (Å²) in [5, 5.41) is 0. The minimum absolute atomic E-state index is 0.00207. The molecule has 64 heavy (non-hydrogen) atoms. The van der Waals surface area contributed by atoms with Gasteiger partial charge in [-0.05, 0) is 36.4 Å². The van der Waals surface area contributed by atoms with Gasteiger partial charge in [-0.25, -0.2) is 9.59 Å². The van der Waals surface area contributed by atoms with Gasteiger partial charge in [0.25, 0.3) is 11.8 Å². The minimum Gasteiger partial charge on any atom is -0.463 e. The van der Waals surface area contributed by atoms with Crippen LogP contribution in [0.1, 0.15) is 69.1 Å². The molecule has 0 unspecified atom stereocenters. The number of nitrogens with zero attached hydrogens (tertiary/aromatic N) is 1. The Kier molecular flexibility index (Phi) is 15.4. The summed E-state index contributed by atoms with van der Waals surface area (Å²) in [6.07, 6.45) is -14.0. The van der Waals surface area contributed by atoms with Crippen molar-refractivity contribution >= 4 is 47.6 Å². The fourth-order valence-electron chi connectivity index (χ4n) is 7.41. The molecule has 10 atom stereocenters. The number of imide groups is 1. The summed E-state index contributed by atoms with van der Waals surface area (Å²) in [5.41, 5.74) is 0.191. The molecule has 6 rings (SSSR count). The molecule has 0 aliphatic carbocycles. The van der Waals surface area contributed by atoms with E-state index in [1.54, 1.807) is 48.5 Å². The van der Waals surface area contributed by atoms with Gasteiger partial charge < -0.3 is 47.4 Å². The molecule has 0 N–H and O–H groups in total. The molecular formula is C45H45NO18. The number of amides is 2. The molecule has 3 aromatic rings. The molecule has 0 aromatic heterocycles. The molecule has 3 aliphatic heterocycles. The summed E-state index contributed by atoms with van der Waals surface area (Å²) in [6.45, 7) is 6.35. The van der Waals surface area contributed by atoms with Gasteiger partial charge in [-0.3, -0.25) is 33.7 Å². The van der Waals surface area contributed by atoms with Crippen LogP contribution in [0, 0.1) is 0 Å². The fourth-order valence-corrected chi connectivity index (χ4v) is 7.41. The van der Waals surface area contributed by atoms with Gasteiger partial charge in [0.15, 0.2) is 37.0 Å². The van der Waals surface area contributed by atoms with E-state index < -0.39 is 122 Å². The van der Waals surface area contributed by atoms with Gasteiger partial charge in [0, 0.05) is 27.7 Å². The third-order valence-corrected chi connectivity index (χ3v) is 10.00.